The molecule has 0 aliphatic carbocycles. The lowest BCUT2D eigenvalue weighted by Crippen LogP contribution is -2.33. The minimum atomic E-state index is -1.10. The highest BCUT2D eigenvalue weighted by Crippen LogP contribution is 2.29. The molecule has 0 saturated carbocycles. The first-order valence-electron chi connectivity index (χ1n) is 4.53. The van der Waals surface area contributed by atoms with E-state index < -0.39 is 24.5 Å². The lowest BCUT2D eigenvalue weighted by atomic mass is 10.1. The van der Waals surface area contributed by atoms with Crippen molar-refractivity contribution in [2.24, 2.45) is 0 Å². The Hall–Kier alpha value is -0.730. The van der Waals surface area contributed by atoms with Crippen molar-refractivity contribution in [3.05, 3.63) is 17.2 Å². The Balaban J connectivity index is 2.26. The lowest BCUT2D eigenvalue weighted by Gasteiger charge is -2.15. The zero-order chi connectivity index (χ0) is 11.0. The topological polar surface area (TPSA) is 90.6 Å². The third-order valence-electron chi connectivity index (χ3n) is 2.47. The van der Waals surface area contributed by atoms with Gasteiger partial charge in [-0.1, -0.05) is 0 Å². The van der Waals surface area contributed by atoms with E-state index in [-0.39, 0.29) is 6.61 Å². The van der Waals surface area contributed by atoms with Gasteiger partial charge in [0.1, 0.15) is 18.3 Å². The van der Waals surface area contributed by atoms with Crippen molar-refractivity contribution < 1.29 is 20.1 Å². The summed E-state index contributed by atoms with van der Waals surface area (Å²) in [5.41, 5.74) is 0. The maximum absolute atomic E-state index is 9.69. The minimum Gasteiger partial charge on any atom is -0.394 e. The van der Waals surface area contributed by atoms with Crippen molar-refractivity contribution in [3.8, 4) is 0 Å². The van der Waals surface area contributed by atoms with E-state index in [1.165, 1.54) is 4.57 Å². The van der Waals surface area contributed by atoms with Gasteiger partial charge in [0, 0.05) is 12.4 Å². The van der Waals surface area contributed by atoms with Gasteiger partial charge in [-0.25, -0.2) is 0 Å². The van der Waals surface area contributed by atoms with Gasteiger partial charge in [-0.15, -0.1) is 0 Å². The summed E-state index contributed by atoms with van der Waals surface area (Å²) in [5, 5.41) is 28.1. The van der Waals surface area contributed by atoms with Crippen molar-refractivity contribution in [3.63, 3.8) is 0 Å². The summed E-state index contributed by atoms with van der Waals surface area (Å²) < 4.78 is 7.18. The van der Waals surface area contributed by atoms with Crippen molar-refractivity contribution in [1.29, 1.82) is 0 Å². The second kappa shape index (κ2) is 4.03. The molecule has 1 aliphatic rings. The highest BCUT2D eigenvalue weighted by atomic mass is 32.1. The molecule has 1 aliphatic heterocycles. The van der Waals surface area contributed by atoms with Gasteiger partial charge in [0.15, 0.2) is 11.0 Å². The summed E-state index contributed by atoms with van der Waals surface area (Å²) in [6.45, 7) is -0.341. The third-order valence-corrected chi connectivity index (χ3v) is 2.80. The van der Waals surface area contributed by atoms with E-state index in [0.717, 1.165) is 0 Å². The standard InChI is InChI=1S/C8H12N2O4S/c11-3-4-5(12)6(13)7(14-4)10-2-1-9-8(10)15/h1-2,4-7,11-13H,3H2,(H,9,15). The Morgan fingerprint density at radius 3 is 2.67 bits per heavy atom. The SMILES string of the molecule is OCC1OC(n2cc[nH]c2=S)C(O)C1O. The van der Waals surface area contributed by atoms with Crippen molar-refractivity contribution in [2.45, 2.75) is 24.5 Å². The number of aromatic nitrogens is 2. The molecule has 0 radical (unpaired) electrons. The van der Waals surface area contributed by atoms with Crippen LogP contribution in [-0.4, -0.2) is 49.8 Å². The van der Waals surface area contributed by atoms with Gasteiger partial charge < -0.3 is 25.0 Å². The summed E-state index contributed by atoms with van der Waals surface area (Å²) in [6, 6.07) is 0. The molecule has 4 atom stereocenters. The van der Waals surface area contributed by atoms with Gasteiger partial charge >= 0.3 is 0 Å². The van der Waals surface area contributed by atoms with Gasteiger partial charge in [0.05, 0.1) is 6.61 Å². The van der Waals surface area contributed by atoms with Crippen LogP contribution >= 0.6 is 12.2 Å². The number of nitrogens with one attached hydrogen (secondary N) is 1. The fourth-order valence-electron chi connectivity index (χ4n) is 1.64. The van der Waals surface area contributed by atoms with E-state index in [2.05, 4.69) is 4.98 Å². The first kappa shape index (κ1) is 10.8. The normalized spacial score (nSPS) is 35.9. The second-order valence-electron chi connectivity index (χ2n) is 3.40. The molecule has 1 aromatic rings. The van der Waals surface area contributed by atoms with Crippen LogP contribution in [0.25, 0.3) is 0 Å². The molecule has 84 valence electrons. The van der Waals surface area contributed by atoms with Crippen LogP contribution in [-0.2, 0) is 4.74 Å². The lowest BCUT2D eigenvalue weighted by molar-refractivity contribution is -0.0534. The van der Waals surface area contributed by atoms with E-state index in [1.54, 1.807) is 12.4 Å². The molecule has 4 unspecified atom stereocenters. The second-order valence-corrected chi connectivity index (χ2v) is 3.79. The van der Waals surface area contributed by atoms with E-state index in [0.29, 0.717) is 4.77 Å². The van der Waals surface area contributed by atoms with Crippen LogP contribution in [0, 0.1) is 4.77 Å². The molecule has 0 bridgehead atoms. The Kier molecular flexibility index (Phi) is 2.89. The summed E-state index contributed by atoms with van der Waals surface area (Å²) in [5.74, 6) is 0. The van der Waals surface area contributed by atoms with Crippen LogP contribution in [0.3, 0.4) is 0 Å². The average Bonchev–Trinajstić information content (AvgIpc) is 2.74. The third kappa shape index (κ3) is 1.72. The molecule has 1 fully saturated rings. The Morgan fingerprint density at radius 2 is 2.20 bits per heavy atom. The number of aliphatic hydroxyl groups is 3. The smallest absolute Gasteiger partial charge is 0.179 e. The molecule has 15 heavy (non-hydrogen) atoms. The fourth-order valence-corrected chi connectivity index (χ4v) is 1.87. The zero-order valence-corrected chi connectivity index (χ0v) is 8.59. The van der Waals surface area contributed by atoms with Crippen molar-refractivity contribution >= 4 is 12.2 Å². The molecular weight excluding hydrogens is 220 g/mol. The van der Waals surface area contributed by atoms with Gasteiger partial charge in [0.25, 0.3) is 0 Å². The number of ether oxygens (including phenoxy) is 1. The Bertz CT molecular complexity index is 390. The van der Waals surface area contributed by atoms with Crippen molar-refractivity contribution in [1.82, 2.24) is 9.55 Å². The van der Waals surface area contributed by atoms with Crippen molar-refractivity contribution in [2.75, 3.05) is 6.61 Å². The average molecular weight is 232 g/mol. The number of nitrogens with zero attached hydrogens (tertiary/aromatic N) is 1. The number of aromatic amines is 1. The van der Waals surface area contributed by atoms with Crippen LogP contribution < -0.4 is 0 Å². The number of rotatable bonds is 2. The first-order valence-corrected chi connectivity index (χ1v) is 4.94. The molecule has 2 heterocycles. The predicted octanol–water partition coefficient (Wildman–Crippen LogP) is -0.843. The van der Waals surface area contributed by atoms with Crippen LogP contribution in [0.2, 0.25) is 0 Å². The molecule has 1 aromatic heterocycles. The van der Waals surface area contributed by atoms with Crippen LogP contribution in [0.1, 0.15) is 6.23 Å². The molecule has 7 heteroatoms. The van der Waals surface area contributed by atoms with Gasteiger partial charge in [-0.2, -0.15) is 0 Å². The number of hydrogen-bond donors (Lipinski definition) is 4. The van der Waals surface area contributed by atoms with E-state index in [4.69, 9.17) is 22.1 Å². The molecule has 1 saturated heterocycles. The molecular formula is C8H12N2O4S. The minimum absolute atomic E-state index is 0.341. The predicted molar refractivity (Wildman–Crippen MR) is 52.6 cm³/mol. The number of hydrogen-bond acceptors (Lipinski definition) is 5. The molecule has 4 N–H and O–H groups in total. The Labute approximate surface area is 90.7 Å². The van der Waals surface area contributed by atoms with Gasteiger partial charge in [-0.05, 0) is 12.2 Å². The zero-order valence-electron chi connectivity index (χ0n) is 7.78. The maximum Gasteiger partial charge on any atom is 0.179 e. The molecule has 6 nitrogen and oxygen atoms in total. The van der Waals surface area contributed by atoms with E-state index in [9.17, 15) is 10.2 Å². The summed E-state index contributed by atoms with van der Waals surface area (Å²) in [4.78, 5) is 2.76. The fraction of sp³-hybridized carbons (Fsp3) is 0.625. The Morgan fingerprint density at radius 1 is 1.47 bits per heavy atom. The maximum atomic E-state index is 9.69. The summed E-state index contributed by atoms with van der Waals surface area (Å²) >= 11 is 4.96. The quantitative estimate of drug-likeness (QED) is 0.499. The van der Waals surface area contributed by atoms with Gasteiger partial charge in [-0.3, -0.25) is 4.57 Å². The highest BCUT2D eigenvalue weighted by molar-refractivity contribution is 7.71. The van der Waals surface area contributed by atoms with Crippen LogP contribution in [0.15, 0.2) is 12.4 Å². The molecule has 0 amide bonds. The molecule has 0 aromatic carbocycles. The number of imidazole rings is 1. The first-order chi connectivity index (χ1) is 7.15. The largest absolute Gasteiger partial charge is 0.394 e. The number of aliphatic hydroxyl groups excluding tert-OH is 3. The van der Waals surface area contributed by atoms with Crippen LogP contribution in [0.5, 0.6) is 0 Å². The van der Waals surface area contributed by atoms with Crippen LogP contribution in [0.4, 0.5) is 0 Å². The van der Waals surface area contributed by atoms with E-state index in [1.807, 2.05) is 0 Å². The summed E-state index contributed by atoms with van der Waals surface area (Å²) in [7, 11) is 0. The van der Waals surface area contributed by atoms with E-state index >= 15 is 0 Å². The summed E-state index contributed by atoms with van der Waals surface area (Å²) in [6.07, 6.45) is -0.501. The molecule has 0 spiro atoms. The van der Waals surface area contributed by atoms with Gasteiger partial charge in [0.2, 0.25) is 0 Å². The monoisotopic (exact) mass is 232 g/mol. The number of H-pyrrole nitrogens is 1. The molecule has 2 rings (SSSR count). The highest BCUT2D eigenvalue weighted by Gasteiger charge is 2.43.